The van der Waals surface area contributed by atoms with Gasteiger partial charge in [0.1, 0.15) is 0 Å². The summed E-state index contributed by atoms with van der Waals surface area (Å²) >= 11 is 0. The molecule has 0 amide bonds. The van der Waals surface area contributed by atoms with Crippen molar-refractivity contribution in [3.8, 4) is 0 Å². The zero-order valence-electron chi connectivity index (χ0n) is 9.91. The normalized spacial score (nSPS) is 29.5. The van der Waals surface area contributed by atoms with Gasteiger partial charge in [0.25, 0.3) is 0 Å². The van der Waals surface area contributed by atoms with Gasteiger partial charge < -0.3 is 10.2 Å². The quantitative estimate of drug-likeness (QED) is 0.714. The largest absolute Gasteiger partial charge is 0.310 e. The fourth-order valence-electron chi connectivity index (χ4n) is 2.57. The number of piperidine rings is 1. The van der Waals surface area contributed by atoms with Gasteiger partial charge in [-0.15, -0.1) is 0 Å². The maximum atomic E-state index is 3.70. The lowest BCUT2D eigenvalue weighted by atomic mass is 9.96. The minimum absolute atomic E-state index is 0.665. The van der Waals surface area contributed by atoms with Crippen LogP contribution in [0.2, 0.25) is 0 Å². The standard InChI is InChI=1S/C13H24N2/c1-15-9-7-12(8-10-15)11-14-13-5-3-2-4-6-13/h3,5,12-14H,2,4,6-11H2,1H3. The van der Waals surface area contributed by atoms with Gasteiger partial charge in [-0.25, -0.2) is 0 Å². The highest BCUT2D eigenvalue weighted by molar-refractivity contribution is 4.97. The lowest BCUT2D eigenvalue weighted by molar-refractivity contribution is 0.213. The molecule has 1 aliphatic heterocycles. The van der Waals surface area contributed by atoms with Gasteiger partial charge in [-0.1, -0.05) is 12.2 Å². The second kappa shape index (κ2) is 5.66. The molecule has 0 aromatic heterocycles. The molecule has 1 N–H and O–H groups in total. The number of allylic oxidation sites excluding steroid dienone is 1. The van der Waals surface area contributed by atoms with Gasteiger partial charge in [-0.05, 0) is 64.7 Å². The Morgan fingerprint density at radius 1 is 1.27 bits per heavy atom. The third-order valence-electron chi connectivity index (χ3n) is 3.76. The molecule has 1 aliphatic carbocycles. The highest BCUT2D eigenvalue weighted by Gasteiger charge is 2.17. The first kappa shape index (κ1) is 11.2. The van der Waals surface area contributed by atoms with E-state index in [1.807, 2.05) is 0 Å². The molecular formula is C13H24N2. The number of likely N-dealkylation sites (tertiary alicyclic amines) is 1. The molecule has 1 atom stereocenters. The summed E-state index contributed by atoms with van der Waals surface area (Å²) in [5.74, 6) is 0.913. The van der Waals surface area contributed by atoms with Crippen molar-refractivity contribution in [1.82, 2.24) is 10.2 Å². The van der Waals surface area contributed by atoms with E-state index in [0.29, 0.717) is 6.04 Å². The van der Waals surface area contributed by atoms with E-state index < -0.39 is 0 Å². The Morgan fingerprint density at radius 3 is 2.73 bits per heavy atom. The Balaban J connectivity index is 1.64. The second-order valence-corrected chi connectivity index (χ2v) is 5.12. The molecule has 0 radical (unpaired) electrons. The molecule has 2 aliphatic rings. The highest BCUT2D eigenvalue weighted by atomic mass is 15.1. The van der Waals surface area contributed by atoms with Crippen LogP contribution in [-0.4, -0.2) is 37.6 Å². The average Bonchev–Trinajstić information content (AvgIpc) is 2.30. The number of hydrogen-bond donors (Lipinski definition) is 1. The molecular weight excluding hydrogens is 184 g/mol. The molecule has 0 aromatic rings. The van der Waals surface area contributed by atoms with Crippen LogP contribution in [0.1, 0.15) is 32.1 Å². The van der Waals surface area contributed by atoms with Gasteiger partial charge in [0.2, 0.25) is 0 Å². The molecule has 0 saturated carbocycles. The van der Waals surface area contributed by atoms with E-state index in [2.05, 4.69) is 29.4 Å². The van der Waals surface area contributed by atoms with Gasteiger partial charge in [-0.2, -0.15) is 0 Å². The van der Waals surface area contributed by atoms with Crippen LogP contribution in [0.3, 0.4) is 0 Å². The van der Waals surface area contributed by atoms with Gasteiger partial charge in [0.05, 0.1) is 0 Å². The summed E-state index contributed by atoms with van der Waals surface area (Å²) in [5, 5.41) is 3.70. The summed E-state index contributed by atoms with van der Waals surface area (Å²) in [7, 11) is 2.23. The van der Waals surface area contributed by atoms with Crippen LogP contribution in [-0.2, 0) is 0 Å². The highest BCUT2D eigenvalue weighted by Crippen LogP contribution is 2.16. The zero-order valence-corrected chi connectivity index (χ0v) is 9.91. The van der Waals surface area contributed by atoms with Crippen molar-refractivity contribution in [1.29, 1.82) is 0 Å². The molecule has 2 heteroatoms. The van der Waals surface area contributed by atoms with Gasteiger partial charge in [-0.3, -0.25) is 0 Å². The van der Waals surface area contributed by atoms with Crippen LogP contribution in [0, 0.1) is 5.92 Å². The summed E-state index contributed by atoms with van der Waals surface area (Å²) < 4.78 is 0. The average molecular weight is 208 g/mol. The van der Waals surface area contributed by atoms with Crippen molar-refractivity contribution in [2.75, 3.05) is 26.7 Å². The van der Waals surface area contributed by atoms with Crippen LogP contribution < -0.4 is 5.32 Å². The Hall–Kier alpha value is -0.340. The van der Waals surface area contributed by atoms with Crippen molar-refractivity contribution in [2.45, 2.75) is 38.1 Å². The fourth-order valence-corrected chi connectivity index (χ4v) is 2.57. The van der Waals surface area contributed by atoms with E-state index in [-0.39, 0.29) is 0 Å². The van der Waals surface area contributed by atoms with E-state index in [1.54, 1.807) is 0 Å². The predicted molar refractivity (Wildman–Crippen MR) is 65.0 cm³/mol. The van der Waals surface area contributed by atoms with E-state index in [0.717, 1.165) is 5.92 Å². The van der Waals surface area contributed by atoms with Crippen LogP contribution in [0.5, 0.6) is 0 Å². The smallest absolute Gasteiger partial charge is 0.0250 e. The molecule has 1 heterocycles. The number of hydrogen-bond acceptors (Lipinski definition) is 2. The zero-order chi connectivity index (χ0) is 10.5. The van der Waals surface area contributed by atoms with E-state index in [9.17, 15) is 0 Å². The molecule has 1 fully saturated rings. The first-order valence-corrected chi connectivity index (χ1v) is 6.43. The van der Waals surface area contributed by atoms with Crippen LogP contribution >= 0.6 is 0 Å². The van der Waals surface area contributed by atoms with Crippen LogP contribution in [0.25, 0.3) is 0 Å². The molecule has 2 nitrogen and oxygen atoms in total. The van der Waals surface area contributed by atoms with E-state index >= 15 is 0 Å². The Kier molecular flexibility index (Phi) is 4.21. The third-order valence-corrected chi connectivity index (χ3v) is 3.76. The number of nitrogens with one attached hydrogen (secondary N) is 1. The number of rotatable bonds is 3. The van der Waals surface area contributed by atoms with Crippen molar-refractivity contribution >= 4 is 0 Å². The molecule has 15 heavy (non-hydrogen) atoms. The molecule has 0 aromatic carbocycles. The number of nitrogens with zero attached hydrogens (tertiary/aromatic N) is 1. The molecule has 86 valence electrons. The van der Waals surface area contributed by atoms with Crippen molar-refractivity contribution in [2.24, 2.45) is 5.92 Å². The third kappa shape index (κ3) is 3.62. The van der Waals surface area contributed by atoms with E-state index in [1.165, 1.54) is 51.7 Å². The Bertz CT molecular complexity index is 205. The first-order chi connectivity index (χ1) is 7.34. The van der Waals surface area contributed by atoms with Gasteiger partial charge in [0, 0.05) is 6.04 Å². The summed E-state index contributed by atoms with van der Waals surface area (Å²) in [6.45, 7) is 3.79. The maximum Gasteiger partial charge on any atom is 0.0250 e. The van der Waals surface area contributed by atoms with Gasteiger partial charge in [0.15, 0.2) is 0 Å². The van der Waals surface area contributed by atoms with Crippen LogP contribution in [0.4, 0.5) is 0 Å². The SMILES string of the molecule is CN1CCC(CNC2C=CCCC2)CC1. The molecule has 0 spiro atoms. The minimum Gasteiger partial charge on any atom is -0.310 e. The first-order valence-electron chi connectivity index (χ1n) is 6.43. The van der Waals surface area contributed by atoms with E-state index in [4.69, 9.17) is 0 Å². The predicted octanol–water partition coefficient (Wildman–Crippen LogP) is 2.03. The Labute approximate surface area is 93.7 Å². The monoisotopic (exact) mass is 208 g/mol. The maximum absolute atomic E-state index is 3.70. The summed E-state index contributed by atoms with van der Waals surface area (Å²) in [6, 6.07) is 0.665. The van der Waals surface area contributed by atoms with Gasteiger partial charge >= 0.3 is 0 Å². The molecule has 1 saturated heterocycles. The van der Waals surface area contributed by atoms with Crippen molar-refractivity contribution in [3.05, 3.63) is 12.2 Å². The second-order valence-electron chi connectivity index (χ2n) is 5.12. The summed E-state index contributed by atoms with van der Waals surface area (Å²) in [6.07, 6.45) is 11.4. The molecule has 2 rings (SSSR count). The van der Waals surface area contributed by atoms with Crippen molar-refractivity contribution < 1.29 is 0 Å². The van der Waals surface area contributed by atoms with Crippen molar-refractivity contribution in [3.63, 3.8) is 0 Å². The molecule has 0 bridgehead atoms. The lowest BCUT2D eigenvalue weighted by Gasteiger charge is -2.30. The summed E-state index contributed by atoms with van der Waals surface area (Å²) in [5.41, 5.74) is 0. The lowest BCUT2D eigenvalue weighted by Crippen LogP contribution is -2.38. The molecule has 1 unspecified atom stereocenters. The minimum atomic E-state index is 0.665. The Morgan fingerprint density at radius 2 is 2.07 bits per heavy atom. The topological polar surface area (TPSA) is 15.3 Å². The fraction of sp³-hybridized carbons (Fsp3) is 0.846. The van der Waals surface area contributed by atoms with Crippen LogP contribution in [0.15, 0.2) is 12.2 Å². The summed E-state index contributed by atoms with van der Waals surface area (Å²) in [4.78, 5) is 2.44.